The van der Waals surface area contributed by atoms with Crippen molar-refractivity contribution in [1.82, 2.24) is 10.6 Å². The third kappa shape index (κ3) is 4.51. The highest BCUT2D eigenvalue weighted by atomic mass is 16.5. The van der Waals surface area contributed by atoms with Crippen molar-refractivity contribution in [2.75, 3.05) is 33.4 Å². The first-order chi connectivity index (χ1) is 9.79. The Bertz CT molecular complexity index is 431. The topological polar surface area (TPSA) is 59.6 Å². The minimum atomic E-state index is -0.347. The van der Waals surface area contributed by atoms with Crippen LogP contribution in [0, 0.1) is 0 Å². The van der Waals surface area contributed by atoms with Gasteiger partial charge in [-0.25, -0.2) is 0 Å². The molecule has 2 N–H and O–H groups in total. The van der Waals surface area contributed by atoms with Gasteiger partial charge in [-0.05, 0) is 30.5 Å². The molecule has 1 fully saturated rings. The predicted molar refractivity (Wildman–Crippen MR) is 76.9 cm³/mol. The standard InChI is InChI=1S/C15H22N2O3/c1-19-13-6-2-4-12(10-13)5-3-7-17-15(18)14-11-16-8-9-20-14/h2,4,6,10,14,16H,3,5,7-9,11H2,1H3,(H,17,18). The Kier molecular flexibility index (Phi) is 5.83. The number of methoxy groups -OCH3 is 1. The maximum atomic E-state index is 11.8. The molecule has 110 valence electrons. The van der Waals surface area contributed by atoms with Crippen molar-refractivity contribution in [3.05, 3.63) is 29.8 Å². The first-order valence-electron chi connectivity index (χ1n) is 7.02. The second-order valence-electron chi connectivity index (χ2n) is 4.81. The largest absolute Gasteiger partial charge is 0.497 e. The van der Waals surface area contributed by atoms with Crippen molar-refractivity contribution < 1.29 is 14.3 Å². The van der Waals surface area contributed by atoms with Crippen molar-refractivity contribution in [1.29, 1.82) is 0 Å². The van der Waals surface area contributed by atoms with E-state index in [0.29, 0.717) is 19.7 Å². The van der Waals surface area contributed by atoms with Crippen molar-refractivity contribution in [3.63, 3.8) is 0 Å². The van der Waals surface area contributed by atoms with Gasteiger partial charge in [0.1, 0.15) is 11.9 Å². The van der Waals surface area contributed by atoms with Crippen LogP contribution in [0.3, 0.4) is 0 Å². The van der Waals surface area contributed by atoms with E-state index in [9.17, 15) is 4.79 Å². The second kappa shape index (κ2) is 7.87. The van der Waals surface area contributed by atoms with Crippen LogP contribution >= 0.6 is 0 Å². The lowest BCUT2D eigenvalue weighted by Crippen LogP contribution is -2.48. The zero-order chi connectivity index (χ0) is 14.2. The van der Waals surface area contributed by atoms with Gasteiger partial charge in [-0.15, -0.1) is 0 Å². The van der Waals surface area contributed by atoms with Gasteiger partial charge in [0.15, 0.2) is 0 Å². The van der Waals surface area contributed by atoms with Crippen molar-refractivity contribution >= 4 is 5.91 Å². The van der Waals surface area contributed by atoms with E-state index in [-0.39, 0.29) is 12.0 Å². The fourth-order valence-corrected chi connectivity index (χ4v) is 2.18. The predicted octanol–water partition coefficient (Wildman–Crippen LogP) is 0.732. The number of carbonyl (C=O) groups excluding carboxylic acids is 1. The minimum Gasteiger partial charge on any atom is -0.497 e. The molecule has 5 nitrogen and oxygen atoms in total. The molecule has 1 atom stereocenters. The highest BCUT2D eigenvalue weighted by Gasteiger charge is 2.20. The van der Waals surface area contributed by atoms with Gasteiger partial charge >= 0.3 is 0 Å². The molecule has 0 bridgehead atoms. The SMILES string of the molecule is COc1cccc(CCCNC(=O)C2CNCCO2)c1. The van der Waals surface area contributed by atoms with E-state index in [1.54, 1.807) is 7.11 Å². The molecular weight excluding hydrogens is 256 g/mol. The lowest BCUT2D eigenvalue weighted by Gasteiger charge is -2.22. The molecule has 20 heavy (non-hydrogen) atoms. The summed E-state index contributed by atoms with van der Waals surface area (Å²) in [6.07, 6.45) is 1.47. The van der Waals surface area contributed by atoms with E-state index in [2.05, 4.69) is 16.7 Å². The number of amides is 1. The maximum Gasteiger partial charge on any atom is 0.250 e. The highest BCUT2D eigenvalue weighted by molar-refractivity contribution is 5.81. The Labute approximate surface area is 119 Å². The first-order valence-corrected chi connectivity index (χ1v) is 7.02. The molecular formula is C15H22N2O3. The molecule has 1 aromatic rings. The number of carbonyl (C=O) groups is 1. The van der Waals surface area contributed by atoms with Gasteiger partial charge in [-0.3, -0.25) is 4.79 Å². The Morgan fingerprint density at radius 2 is 2.45 bits per heavy atom. The van der Waals surface area contributed by atoms with Gasteiger partial charge in [0.2, 0.25) is 5.91 Å². The Balaban J connectivity index is 1.66. The Hall–Kier alpha value is -1.59. The number of hydrogen-bond acceptors (Lipinski definition) is 4. The van der Waals surface area contributed by atoms with E-state index in [4.69, 9.17) is 9.47 Å². The molecule has 0 spiro atoms. The van der Waals surface area contributed by atoms with Crippen LogP contribution in [-0.2, 0) is 16.0 Å². The second-order valence-corrected chi connectivity index (χ2v) is 4.81. The van der Waals surface area contributed by atoms with E-state index < -0.39 is 0 Å². The van der Waals surface area contributed by atoms with E-state index >= 15 is 0 Å². The van der Waals surface area contributed by atoms with Gasteiger partial charge in [0.05, 0.1) is 13.7 Å². The van der Waals surface area contributed by atoms with Crippen molar-refractivity contribution in [3.8, 4) is 5.75 Å². The summed E-state index contributed by atoms with van der Waals surface area (Å²) in [6.45, 7) is 2.68. The van der Waals surface area contributed by atoms with Gasteiger partial charge in [-0.1, -0.05) is 12.1 Å². The van der Waals surface area contributed by atoms with Crippen LogP contribution < -0.4 is 15.4 Å². The zero-order valence-corrected chi connectivity index (χ0v) is 11.9. The number of benzene rings is 1. The Morgan fingerprint density at radius 3 is 3.20 bits per heavy atom. The van der Waals surface area contributed by atoms with E-state index in [1.807, 2.05) is 18.2 Å². The summed E-state index contributed by atoms with van der Waals surface area (Å²) in [4.78, 5) is 11.8. The van der Waals surface area contributed by atoms with Gasteiger partial charge in [0.25, 0.3) is 0 Å². The lowest BCUT2D eigenvalue weighted by molar-refractivity contribution is -0.134. The van der Waals surface area contributed by atoms with Crippen LogP contribution in [-0.4, -0.2) is 45.4 Å². The van der Waals surface area contributed by atoms with E-state index in [0.717, 1.165) is 25.1 Å². The molecule has 0 radical (unpaired) electrons. The summed E-state index contributed by atoms with van der Waals surface area (Å²) in [5.41, 5.74) is 1.22. The minimum absolute atomic E-state index is 0.0251. The molecule has 1 saturated heterocycles. The smallest absolute Gasteiger partial charge is 0.250 e. The van der Waals surface area contributed by atoms with Crippen molar-refractivity contribution in [2.45, 2.75) is 18.9 Å². The average molecular weight is 278 g/mol. The van der Waals surface area contributed by atoms with Crippen molar-refractivity contribution in [2.24, 2.45) is 0 Å². The number of morpholine rings is 1. The third-order valence-corrected chi connectivity index (χ3v) is 3.30. The monoisotopic (exact) mass is 278 g/mol. The molecule has 1 heterocycles. The van der Waals surface area contributed by atoms with Gasteiger partial charge < -0.3 is 20.1 Å². The van der Waals surface area contributed by atoms with Crippen LogP contribution in [0.25, 0.3) is 0 Å². The fourth-order valence-electron chi connectivity index (χ4n) is 2.18. The summed E-state index contributed by atoms with van der Waals surface area (Å²) in [5, 5.41) is 6.06. The van der Waals surface area contributed by atoms with Crippen LogP contribution in [0.5, 0.6) is 5.75 Å². The molecule has 1 unspecified atom stereocenters. The molecule has 1 amide bonds. The molecule has 2 rings (SSSR count). The van der Waals surface area contributed by atoms with Crippen LogP contribution in [0.15, 0.2) is 24.3 Å². The molecule has 0 aliphatic carbocycles. The normalized spacial score (nSPS) is 18.6. The first kappa shape index (κ1) is 14.8. The quantitative estimate of drug-likeness (QED) is 0.753. The van der Waals surface area contributed by atoms with Crippen LogP contribution in [0.2, 0.25) is 0 Å². The summed E-state index contributed by atoms with van der Waals surface area (Å²) in [6, 6.07) is 8.00. The van der Waals surface area contributed by atoms with Crippen LogP contribution in [0.4, 0.5) is 0 Å². The molecule has 5 heteroatoms. The highest BCUT2D eigenvalue weighted by Crippen LogP contribution is 2.13. The van der Waals surface area contributed by atoms with Gasteiger partial charge in [-0.2, -0.15) is 0 Å². The number of aryl methyl sites for hydroxylation is 1. The summed E-state index contributed by atoms with van der Waals surface area (Å²) < 4.78 is 10.6. The molecule has 0 aromatic heterocycles. The molecule has 1 aromatic carbocycles. The number of rotatable bonds is 6. The zero-order valence-electron chi connectivity index (χ0n) is 11.9. The van der Waals surface area contributed by atoms with Gasteiger partial charge in [0, 0.05) is 19.6 Å². The van der Waals surface area contributed by atoms with Crippen LogP contribution in [0.1, 0.15) is 12.0 Å². The Morgan fingerprint density at radius 1 is 1.55 bits per heavy atom. The number of hydrogen-bond donors (Lipinski definition) is 2. The molecule has 1 aliphatic heterocycles. The number of nitrogens with one attached hydrogen (secondary N) is 2. The average Bonchev–Trinajstić information content (AvgIpc) is 2.52. The maximum absolute atomic E-state index is 11.8. The molecule has 1 aliphatic rings. The third-order valence-electron chi connectivity index (χ3n) is 3.30. The summed E-state index contributed by atoms with van der Waals surface area (Å²) in [7, 11) is 1.66. The summed E-state index contributed by atoms with van der Waals surface area (Å²) >= 11 is 0. The fraction of sp³-hybridized carbons (Fsp3) is 0.533. The summed E-state index contributed by atoms with van der Waals surface area (Å²) in [5.74, 6) is 0.844. The lowest BCUT2D eigenvalue weighted by atomic mass is 10.1. The number of ether oxygens (including phenoxy) is 2. The van der Waals surface area contributed by atoms with E-state index in [1.165, 1.54) is 5.56 Å². The molecule has 0 saturated carbocycles.